The van der Waals surface area contributed by atoms with Gasteiger partial charge in [-0.15, -0.1) is 0 Å². The van der Waals surface area contributed by atoms with Gasteiger partial charge in [0, 0.05) is 20.5 Å². The van der Waals surface area contributed by atoms with Crippen molar-refractivity contribution in [3.8, 4) is 0 Å². The molecule has 2 atom stereocenters. The van der Waals surface area contributed by atoms with E-state index in [1.165, 1.54) is 0 Å². The average molecular weight is 209 g/mol. The lowest BCUT2D eigenvalue weighted by molar-refractivity contribution is -0.126. The largest absolute Gasteiger partial charge is 0.364 e. The first-order valence-electron chi connectivity index (χ1n) is 5.44. The van der Waals surface area contributed by atoms with Crippen molar-refractivity contribution in [2.75, 3.05) is 14.1 Å². The topological polar surface area (TPSA) is 44.7 Å². The van der Waals surface area contributed by atoms with Crippen LogP contribution in [-0.4, -0.2) is 36.7 Å². The summed E-state index contributed by atoms with van der Waals surface area (Å²) in [4.78, 5) is 14.0. The predicted molar refractivity (Wildman–Crippen MR) is 59.6 cm³/mol. The van der Waals surface area contributed by atoms with Crippen LogP contribution in [0, 0.1) is 11.3 Å². The summed E-state index contributed by atoms with van der Waals surface area (Å²) in [5.41, 5.74) is 3.22. The summed E-state index contributed by atoms with van der Waals surface area (Å²) in [5.74, 6) is 1.20. The number of amidine groups is 1. The molecule has 1 aliphatic heterocycles. The molecule has 1 heterocycles. The fraction of sp³-hybridized carbons (Fsp3) is 0.818. The SMILES string of the molecule is CN(C)C1=NN[C@@H]2CC(C)(C)CC(=O)[C@H]12. The van der Waals surface area contributed by atoms with E-state index in [0.717, 1.165) is 12.3 Å². The van der Waals surface area contributed by atoms with Gasteiger partial charge in [0.05, 0.1) is 12.0 Å². The molecule has 4 heteroatoms. The highest BCUT2D eigenvalue weighted by atomic mass is 16.1. The second-order valence-electron chi connectivity index (χ2n) is 5.59. The first-order chi connectivity index (χ1) is 6.91. The second kappa shape index (κ2) is 3.22. The van der Waals surface area contributed by atoms with Gasteiger partial charge < -0.3 is 10.3 Å². The quantitative estimate of drug-likeness (QED) is 0.643. The predicted octanol–water partition coefficient (Wildman–Crippen LogP) is 0.839. The van der Waals surface area contributed by atoms with Crippen LogP contribution in [0.2, 0.25) is 0 Å². The summed E-state index contributed by atoms with van der Waals surface area (Å²) in [6.07, 6.45) is 1.69. The fourth-order valence-corrected chi connectivity index (χ4v) is 2.63. The minimum absolute atomic E-state index is 0.0203. The molecule has 1 saturated carbocycles. The van der Waals surface area contributed by atoms with Crippen molar-refractivity contribution in [2.45, 2.75) is 32.7 Å². The average Bonchev–Trinajstić information content (AvgIpc) is 2.45. The van der Waals surface area contributed by atoms with Crippen LogP contribution in [0.1, 0.15) is 26.7 Å². The Morgan fingerprint density at radius 1 is 1.47 bits per heavy atom. The summed E-state index contributed by atoms with van der Waals surface area (Å²) < 4.78 is 0. The van der Waals surface area contributed by atoms with Crippen LogP contribution < -0.4 is 5.43 Å². The molecule has 0 aromatic rings. The van der Waals surface area contributed by atoms with Crippen molar-refractivity contribution < 1.29 is 4.79 Å². The van der Waals surface area contributed by atoms with Crippen LogP contribution in [0.25, 0.3) is 0 Å². The Morgan fingerprint density at radius 3 is 2.73 bits per heavy atom. The van der Waals surface area contributed by atoms with Gasteiger partial charge >= 0.3 is 0 Å². The number of hydrogen-bond donors (Lipinski definition) is 1. The molecule has 1 aliphatic carbocycles. The van der Waals surface area contributed by atoms with Crippen LogP contribution in [0.4, 0.5) is 0 Å². The Hall–Kier alpha value is -1.06. The molecule has 0 unspecified atom stereocenters. The molecule has 84 valence electrons. The van der Waals surface area contributed by atoms with Crippen molar-refractivity contribution in [3.63, 3.8) is 0 Å². The third-order valence-electron chi connectivity index (χ3n) is 3.26. The van der Waals surface area contributed by atoms with E-state index in [1.54, 1.807) is 0 Å². The molecule has 0 aromatic heterocycles. The zero-order chi connectivity index (χ0) is 11.2. The molecule has 4 nitrogen and oxygen atoms in total. The zero-order valence-corrected chi connectivity index (χ0v) is 9.87. The van der Waals surface area contributed by atoms with Crippen LogP contribution in [0.3, 0.4) is 0 Å². The van der Waals surface area contributed by atoms with Crippen molar-refractivity contribution >= 4 is 11.6 Å². The van der Waals surface area contributed by atoms with E-state index in [-0.39, 0.29) is 17.4 Å². The van der Waals surface area contributed by atoms with Gasteiger partial charge in [0.25, 0.3) is 0 Å². The lowest BCUT2D eigenvalue weighted by Gasteiger charge is -2.36. The first kappa shape index (κ1) is 10.5. The maximum Gasteiger partial charge on any atom is 0.146 e. The van der Waals surface area contributed by atoms with Gasteiger partial charge in [-0.3, -0.25) is 4.79 Å². The molecule has 0 amide bonds. The number of rotatable bonds is 0. The molecule has 2 aliphatic rings. The summed E-state index contributed by atoms with van der Waals surface area (Å²) in [6, 6.07) is 0.207. The third kappa shape index (κ3) is 1.73. The lowest BCUT2D eigenvalue weighted by atomic mass is 9.69. The smallest absolute Gasteiger partial charge is 0.146 e. The zero-order valence-electron chi connectivity index (χ0n) is 9.87. The van der Waals surface area contributed by atoms with Gasteiger partial charge in [-0.1, -0.05) is 13.8 Å². The molecule has 15 heavy (non-hydrogen) atoms. The minimum Gasteiger partial charge on any atom is -0.364 e. The number of hydrogen-bond acceptors (Lipinski definition) is 4. The number of carbonyl (C=O) groups excluding carboxylic acids is 1. The number of Topliss-reactive ketones (excluding diaryl/α,β-unsaturated/α-hetero) is 1. The molecule has 1 fully saturated rings. The monoisotopic (exact) mass is 209 g/mol. The van der Waals surface area contributed by atoms with Gasteiger partial charge in [-0.25, -0.2) is 0 Å². The number of hydrazone groups is 1. The van der Waals surface area contributed by atoms with Crippen LogP contribution in [-0.2, 0) is 4.79 Å². The highest BCUT2D eigenvalue weighted by Crippen LogP contribution is 2.38. The van der Waals surface area contributed by atoms with E-state index >= 15 is 0 Å². The lowest BCUT2D eigenvalue weighted by Crippen LogP contribution is -2.47. The maximum atomic E-state index is 12.1. The summed E-state index contributed by atoms with van der Waals surface area (Å²) in [5, 5.41) is 4.27. The molecule has 0 radical (unpaired) electrons. The van der Waals surface area contributed by atoms with Crippen molar-refractivity contribution in [1.82, 2.24) is 10.3 Å². The minimum atomic E-state index is -0.0203. The number of nitrogens with one attached hydrogen (secondary N) is 1. The molecular formula is C11H19N3O. The van der Waals surface area contributed by atoms with E-state index < -0.39 is 0 Å². The van der Waals surface area contributed by atoms with Crippen LogP contribution >= 0.6 is 0 Å². The Bertz CT molecular complexity index is 320. The normalized spacial score (nSPS) is 33.1. The van der Waals surface area contributed by atoms with Gasteiger partial charge in [-0.05, 0) is 11.8 Å². The van der Waals surface area contributed by atoms with Crippen molar-refractivity contribution in [3.05, 3.63) is 0 Å². The summed E-state index contributed by atoms with van der Waals surface area (Å²) >= 11 is 0. The molecule has 0 aromatic carbocycles. The Morgan fingerprint density at radius 2 is 2.13 bits per heavy atom. The number of nitrogens with zero attached hydrogens (tertiary/aromatic N) is 2. The van der Waals surface area contributed by atoms with Gasteiger partial charge in [0.2, 0.25) is 0 Å². The number of carbonyl (C=O) groups is 1. The fourth-order valence-electron chi connectivity index (χ4n) is 2.63. The molecule has 0 saturated heterocycles. The third-order valence-corrected chi connectivity index (χ3v) is 3.26. The molecule has 0 spiro atoms. The maximum absolute atomic E-state index is 12.1. The standard InChI is InChI=1S/C11H19N3O/c1-11(2)5-7-9(8(15)6-11)10(13-12-7)14(3)4/h7,9,12H,5-6H2,1-4H3/t7-,9-/m1/s1. The first-order valence-corrected chi connectivity index (χ1v) is 5.44. The second-order valence-corrected chi connectivity index (χ2v) is 5.59. The van der Waals surface area contributed by atoms with Gasteiger partial charge in [0.1, 0.15) is 11.6 Å². The molecule has 1 N–H and O–H groups in total. The Labute approximate surface area is 90.7 Å². The van der Waals surface area contributed by atoms with E-state index in [2.05, 4.69) is 24.4 Å². The molecule has 2 rings (SSSR count). The number of fused-ring (bicyclic) bond motifs is 1. The van der Waals surface area contributed by atoms with Crippen molar-refractivity contribution in [1.29, 1.82) is 0 Å². The van der Waals surface area contributed by atoms with Crippen molar-refractivity contribution in [2.24, 2.45) is 16.4 Å². The van der Waals surface area contributed by atoms with E-state index in [9.17, 15) is 4.79 Å². The van der Waals surface area contributed by atoms with Crippen LogP contribution in [0.15, 0.2) is 5.10 Å². The summed E-state index contributed by atoms with van der Waals surface area (Å²) in [6.45, 7) is 4.30. The molecule has 0 bridgehead atoms. The van der Waals surface area contributed by atoms with Gasteiger partial charge in [-0.2, -0.15) is 5.10 Å². The summed E-state index contributed by atoms with van der Waals surface area (Å²) in [7, 11) is 3.88. The van der Waals surface area contributed by atoms with E-state index in [1.807, 2.05) is 19.0 Å². The molecular weight excluding hydrogens is 190 g/mol. The Kier molecular flexibility index (Phi) is 2.24. The van der Waals surface area contributed by atoms with Crippen LogP contribution in [0.5, 0.6) is 0 Å². The van der Waals surface area contributed by atoms with E-state index in [0.29, 0.717) is 12.2 Å². The Balaban J connectivity index is 2.21. The highest BCUT2D eigenvalue weighted by Gasteiger charge is 2.46. The van der Waals surface area contributed by atoms with Gasteiger partial charge in [0.15, 0.2) is 0 Å². The van der Waals surface area contributed by atoms with E-state index in [4.69, 9.17) is 0 Å². The highest BCUT2D eigenvalue weighted by molar-refractivity contribution is 6.06. The number of ketones is 1.